The van der Waals surface area contributed by atoms with Crippen LogP contribution in [0.1, 0.15) is 12.0 Å². The van der Waals surface area contributed by atoms with Crippen LogP contribution in [0, 0.1) is 11.3 Å². The third-order valence-electron chi connectivity index (χ3n) is 3.75. The molecule has 1 aromatic rings. The monoisotopic (exact) mass is 381 g/mol. The van der Waals surface area contributed by atoms with Crippen molar-refractivity contribution < 1.29 is 21.6 Å². The quantitative estimate of drug-likeness (QED) is 0.804. The highest BCUT2D eigenvalue weighted by atomic mass is 35.5. The van der Waals surface area contributed by atoms with Crippen LogP contribution in [0.3, 0.4) is 0 Å². The molecule has 0 radical (unpaired) electrons. The van der Waals surface area contributed by atoms with Gasteiger partial charge in [0.15, 0.2) is 0 Å². The van der Waals surface area contributed by atoms with E-state index in [1.54, 1.807) is 0 Å². The highest BCUT2D eigenvalue weighted by Gasteiger charge is 2.35. The molecule has 24 heavy (non-hydrogen) atoms. The molecule has 1 aromatic carbocycles. The summed E-state index contributed by atoms with van der Waals surface area (Å²) < 4.78 is 64.8. The normalized spacial score (nSPS) is 17.6. The van der Waals surface area contributed by atoms with Gasteiger partial charge in [-0.25, -0.2) is 8.42 Å². The van der Waals surface area contributed by atoms with E-state index in [1.165, 1.54) is 0 Å². The van der Waals surface area contributed by atoms with Crippen molar-refractivity contribution in [3.8, 4) is 6.07 Å². The van der Waals surface area contributed by atoms with Gasteiger partial charge in [0.2, 0.25) is 10.0 Å². The van der Waals surface area contributed by atoms with E-state index in [2.05, 4.69) is 0 Å². The zero-order valence-corrected chi connectivity index (χ0v) is 14.1. The van der Waals surface area contributed by atoms with Crippen molar-refractivity contribution in [3.63, 3.8) is 0 Å². The Morgan fingerprint density at radius 1 is 1.21 bits per heavy atom. The van der Waals surface area contributed by atoms with Crippen molar-refractivity contribution in [1.82, 2.24) is 9.21 Å². The molecule has 10 heteroatoms. The first-order chi connectivity index (χ1) is 11.2. The van der Waals surface area contributed by atoms with E-state index in [-0.39, 0.29) is 18.1 Å². The summed E-state index contributed by atoms with van der Waals surface area (Å²) >= 11 is 5.83. The third-order valence-corrected chi connectivity index (χ3v) is 6.13. The van der Waals surface area contributed by atoms with E-state index in [0.717, 1.165) is 16.4 Å². The van der Waals surface area contributed by atoms with E-state index in [1.807, 2.05) is 11.0 Å². The Balaban J connectivity index is 2.21. The largest absolute Gasteiger partial charge is 0.416 e. The van der Waals surface area contributed by atoms with Crippen LogP contribution in [-0.2, 0) is 16.2 Å². The number of sulfonamides is 1. The molecule has 5 nitrogen and oxygen atoms in total. The summed E-state index contributed by atoms with van der Waals surface area (Å²) in [7, 11) is -4.11. The number of hydrogen-bond donors (Lipinski definition) is 0. The van der Waals surface area contributed by atoms with Crippen LogP contribution in [0.5, 0.6) is 0 Å². The van der Waals surface area contributed by atoms with Gasteiger partial charge in [-0.15, -0.1) is 0 Å². The van der Waals surface area contributed by atoms with E-state index in [4.69, 9.17) is 16.9 Å². The molecule has 2 rings (SSSR count). The summed E-state index contributed by atoms with van der Waals surface area (Å²) in [6, 6.07) is 4.28. The zero-order valence-electron chi connectivity index (χ0n) is 12.6. The highest BCUT2D eigenvalue weighted by Crippen LogP contribution is 2.34. The van der Waals surface area contributed by atoms with E-state index in [9.17, 15) is 21.6 Å². The van der Waals surface area contributed by atoms with Crippen molar-refractivity contribution in [2.24, 2.45) is 0 Å². The number of rotatable bonds is 4. The first-order valence-electron chi connectivity index (χ1n) is 7.12. The number of alkyl halides is 3. The SMILES string of the molecule is N#CCCN1CCN(S(=O)(=O)c2cc(C(F)(F)F)ccc2Cl)CC1. The minimum absolute atomic E-state index is 0.139. The van der Waals surface area contributed by atoms with Gasteiger partial charge in [0.1, 0.15) is 4.90 Å². The molecule has 0 bridgehead atoms. The standard InChI is InChI=1S/C14H15ClF3N3O2S/c15-12-3-2-11(14(16,17)18)10-13(12)24(22,23)21-8-6-20(7-9-21)5-1-4-19/h2-3,10H,1,5-9H2. The summed E-state index contributed by atoms with van der Waals surface area (Å²) in [5.41, 5.74) is -1.06. The Hall–Kier alpha value is -1.34. The van der Waals surface area contributed by atoms with Crippen molar-refractivity contribution in [1.29, 1.82) is 5.26 Å². The summed E-state index contributed by atoms with van der Waals surface area (Å²) in [6.45, 7) is 1.64. The van der Waals surface area contributed by atoms with E-state index < -0.39 is 26.7 Å². The molecule has 0 spiro atoms. The Morgan fingerprint density at radius 3 is 2.38 bits per heavy atom. The van der Waals surface area contributed by atoms with Gasteiger partial charge in [-0.2, -0.15) is 22.7 Å². The molecule has 1 aliphatic heterocycles. The maximum Gasteiger partial charge on any atom is 0.416 e. The van der Waals surface area contributed by atoms with Gasteiger partial charge in [-0.05, 0) is 18.2 Å². The molecular formula is C14H15ClF3N3O2S. The number of piperazine rings is 1. The Labute approximate surface area is 143 Å². The summed E-state index contributed by atoms with van der Waals surface area (Å²) in [6.07, 6.45) is -4.31. The maximum absolute atomic E-state index is 12.8. The van der Waals surface area contributed by atoms with Gasteiger partial charge >= 0.3 is 6.18 Å². The lowest BCUT2D eigenvalue weighted by Crippen LogP contribution is -2.48. The van der Waals surface area contributed by atoms with Gasteiger partial charge in [-0.3, -0.25) is 4.90 Å². The Kier molecular flexibility index (Phi) is 5.75. The van der Waals surface area contributed by atoms with Gasteiger partial charge < -0.3 is 0 Å². The topological polar surface area (TPSA) is 64.4 Å². The average molecular weight is 382 g/mol. The molecule has 0 N–H and O–H groups in total. The van der Waals surface area contributed by atoms with Crippen LogP contribution >= 0.6 is 11.6 Å². The van der Waals surface area contributed by atoms with Crippen LogP contribution < -0.4 is 0 Å². The average Bonchev–Trinajstić information content (AvgIpc) is 2.52. The fourth-order valence-corrected chi connectivity index (χ4v) is 4.34. The van der Waals surface area contributed by atoms with E-state index in [0.29, 0.717) is 32.1 Å². The van der Waals surface area contributed by atoms with Gasteiger partial charge in [-0.1, -0.05) is 11.6 Å². The Morgan fingerprint density at radius 2 is 1.83 bits per heavy atom. The Bertz CT molecular complexity index is 739. The number of benzene rings is 1. The maximum atomic E-state index is 12.8. The number of halogens is 4. The van der Waals surface area contributed by atoms with Gasteiger partial charge in [0.25, 0.3) is 0 Å². The lowest BCUT2D eigenvalue weighted by atomic mass is 10.2. The fraction of sp³-hybridized carbons (Fsp3) is 0.500. The predicted molar refractivity (Wildman–Crippen MR) is 81.9 cm³/mol. The molecule has 0 unspecified atom stereocenters. The van der Waals surface area contributed by atoms with Gasteiger partial charge in [0, 0.05) is 39.1 Å². The molecule has 132 valence electrons. The van der Waals surface area contributed by atoms with Crippen molar-refractivity contribution >= 4 is 21.6 Å². The molecule has 0 saturated carbocycles. The number of hydrogen-bond acceptors (Lipinski definition) is 4. The first kappa shape index (κ1) is 19.0. The summed E-state index contributed by atoms with van der Waals surface area (Å²) in [4.78, 5) is 1.40. The highest BCUT2D eigenvalue weighted by molar-refractivity contribution is 7.89. The second kappa shape index (κ2) is 7.27. The number of nitrogens with zero attached hydrogens (tertiary/aromatic N) is 3. The van der Waals surface area contributed by atoms with Crippen LogP contribution in [0.4, 0.5) is 13.2 Å². The molecular weight excluding hydrogens is 367 g/mol. The van der Waals surface area contributed by atoms with E-state index >= 15 is 0 Å². The smallest absolute Gasteiger partial charge is 0.300 e. The molecule has 1 fully saturated rings. The minimum Gasteiger partial charge on any atom is -0.300 e. The molecule has 0 aliphatic carbocycles. The van der Waals surface area contributed by atoms with Crippen molar-refractivity contribution in [2.45, 2.75) is 17.5 Å². The molecule has 0 aromatic heterocycles. The lowest BCUT2D eigenvalue weighted by molar-refractivity contribution is -0.137. The fourth-order valence-electron chi connectivity index (χ4n) is 2.42. The molecule has 1 saturated heterocycles. The molecule has 1 aliphatic rings. The molecule has 1 heterocycles. The zero-order chi connectivity index (χ0) is 18.0. The molecule has 0 atom stereocenters. The van der Waals surface area contributed by atoms with Crippen molar-refractivity contribution in [2.75, 3.05) is 32.7 Å². The van der Waals surface area contributed by atoms with Crippen LogP contribution in [0.2, 0.25) is 5.02 Å². The van der Waals surface area contributed by atoms with Crippen LogP contribution in [-0.4, -0.2) is 50.3 Å². The minimum atomic E-state index is -4.65. The first-order valence-corrected chi connectivity index (χ1v) is 8.94. The van der Waals surface area contributed by atoms with Gasteiger partial charge in [0.05, 0.1) is 16.7 Å². The van der Waals surface area contributed by atoms with Crippen molar-refractivity contribution in [3.05, 3.63) is 28.8 Å². The van der Waals surface area contributed by atoms with Crippen LogP contribution in [0.25, 0.3) is 0 Å². The summed E-state index contributed by atoms with van der Waals surface area (Å²) in [5.74, 6) is 0. The molecule has 0 amide bonds. The third kappa shape index (κ3) is 4.19. The second-order valence-corrected chi connectivity index (χ2v) is 7.61. The lowest BCUT2D eigenvalue weighted by Gasteiger charge is -2.33. The second-order valence-electron chi connectivity index (χ2n) is 5.30. The predicted octanol–water partition coefficient (Wildman–Crippen LogP) is 2.58. The van der Waals surface area contributed by atoms with Crippen LogP contribution in [0.15, 0.2) is 23.1 Å². The summed E-state index contributed by atoms with van der Waals surface area (Å²) in [5, 5.41) is 8.32. The number of nitriles is 1.